The van der Waals surface area contributed by atoms with Gasteiger partial charge < -0.3 is 15.3 Å². The molecule has 0 radical (unpaired) electrons. The fourth-order valence-corrected chi connectivity index (χ4v) is 2.62. The Morgan fingerprint density at radius 2 is 2.33 bits per heavy atom. The van der Waals surface area contributed by atoms with E-state index in [-0.39, 0.29) is 6.10 Å². The molecule has 1 fully saturated rings. The first-order valence-corrected chi connectivity index (χ1v) is 7.57. The molecule has 0 aromatic carbocycles. The molecular formula is C14H22N6O. The van der Waals surface area contributed by atoms with Gasteiger partial charge in [-0.25, -0.2) is 0 Å². The van der Waals surface area contributed by atoms with E-state index in [4.69, 9.17) is 0 Å². The number of hydrogen-bond donors (Lipinski definition) is 3. The van der Waals surface area contributed by atoms with E-state index in [9.17, 15) is 5.11 Å². The number of nitrogens with one attached hydrogen (secondary N) is 2. The van der Waals surface area contributed by atoms with E-state index < -0.39 is 0 Å². The summed E-state index contributed by atoms with van der Waals surface area (Å²) in [5.41, 5.74) is 0.728. The van der Waals surface area contributed by atoms with Gasteiger partial charge in [-0.2, -0.15) is 15.1 Å². The molecule has 0 amide bonds. The summed E-state index contributed by atoms with van der Waals surface area (Å²) in [5, 5.41) is 21.2. The first-order chi connectivity index (χ1) is 10.2. The van der Waals surface area contributed by atoms with Crippen molar-refractivity contribution in [2.75, 3.05) is 29.9 Å². The number of anilines is 2. The highest BCUT2D eigenvalue weighted by atomic mass is 16.3. The van der Waals surface area contributed by atoms with Gasteiger partial charge in [0, 0.05) is 19.6 Å². The highest BCUT2D eigenvalue weighted by Crippen LogP contribution is 2.28. The van der Waals surface area contributed by atoms with Gasteiger partial charge in [0.05, 0.1) is 17.7 Å². The Kier molecular flexibility index (Phi) is 3.92. The number of nitrogens with zero attached hydrogens (tertiary/aromatic N) is 4. The second-order valence-electron chi connectivity index (χ2n) is 5.71. The van der Waals surface area contributed by atoms with Gasteiger partial charge in [-0.05, 0) is 18.8 Å². The minimum atomic E-state index is -0.317. The molecule has 114 valence electrons. The number of piperidine rings is 1. The van der Waals surface area contributed by atoms with Crippen molar-refractivity contribution in [2.45, 2.75) is 32.8 Å². The Hall–Kier alpha value is -1.89. The van der Waals surface area contributed by atoms with E-state index in [2.05, 4.69) is 44.2 Å². The number of aliphatic hydroxyl groups is 1. The van der Waals surface area contributed by atoms with E-state index in [1.807, 2.05) is 0 Å². The lowest BCUT2D eigenvalue weighted by Gasteiger charge is -2.35. The number of rotatable bonds is 4. The van der Waals surface area contributed by atoms with Crippen LogP contribution in [0.5, 0.6) is 0 Å². The molecule has 0 saturated carbocycles. The fourth-order valence-electron chi connectivity index (χ4n) is 2.62. The average molecular weight is 290 g/mol. The summed E-state index contributed by atoms with van der Waals surface area (Å²) in [4.78, 5) is 11.2. The van der Waals surface area contributed by atoms with Crippen LogP contribution in [-0.4, -0.2) is 51.0 Å². The van der Waals surface area contributed by atoms with Crippen LogP contribution in [0.15, 0.2) is 6.20 Å². The summed E-state index contributed by atoms with van der Waals surface area (Å²) in [6, 6.07) is 0. The maximum Gasteiger partial charge on any atom is 0.226 e. The molecule has 1 aliphatic rings. The lowest BCUT2D eigenvalue weighted by molar-refractivity contribution is 0.103. The van der Waals surface area contributed by atoms with Crippen LogP contribution in [0.3, 0.4) is 0 Å². The van der Waals surface area contributed by atoms with Crippen molar-refractivity contribution in [3.05, 3.63) is 6.20 Å². The lowest BCUT2D eigenvalue weighted by atomic mass is 9.96. The van der Waals surface area contributed by atoms with Crippen molar-refractivity contribution in [3.63, 3.8) is 0 Å². The minimum absolute atomic E-state index is 0.317. The Bertz CT molecular complexity index is 613. The van der Waals surface area contributed by atoms with Crippen LogP contribution in [0.25, 0.3) is 11.0 Å². The molecule has 3 N–H and O–H groups in total. The van der Waals surface area contributed by atoms with Crippen LogP contribution in [0.4, 0.5) is 11.8 Å². The molecule has 2 aromatic rings. The van der Waals surface area contributed by atoms with E-state index in [0.717, 1.165) is 42.8 Å². The van der Waals surface area contributed by atoms with Gasteiger partial charge in [0.25, 0.3) is 0 Å². The number of aromatic amines is 1. The van der Waals surface area contributed by atoms with Crippen LogP contribution in [-0.2, 0) is 0 Å². The summed E-state index contributed by atoms with van der Waals surface area (Å²) in [6.45, 7) is 6.52. The molecule has 3 heterocycles. The molecule has 3 rings (SSSR count). The smallest absolute Gasteiger partial charge is 0.226 e. The predicted molar refractivity (Wildman–Crippen MR) is 82.5 cm³/mol. The van der Waals surface area contributed by atoms with Crippen LogP contribution in [0.1, 0.15) is 26.7 Å². The van der Waals surface area contributed by atoms with Crippen LogP contribution >= 0.6 is 0 Å². The van der Waals surface area contributed by atoms with E-state index in [0.29, 0.717) is 18.4 Å². The molecule has 0 aliphatic carbocycles. The summed E-state index contributed by atoms with van der Waals surface area (Å²) in [7, 11) is 0. The maximum absolute atomic E-state index is 10.1. The third-order valence-corrected chi connectivity index (χ3v) is 4.04. The Labute approximate surface area is 123 Å². The topological polar surface area (TPSA) is 90.0 Å². The zero-order chi connectivity index (χ0) is 14.8. The van der Waals surface area contributed by atoms with Gasteiger partial charge in [0.2, 0.25) is 5.95 Å². The van der Waals surface area contributed by atoms with Crippen molar-refractivity contribution in [1.29, 1.82) is 0 Å². The van der Waals surface area contributed by atoms with Gasteiger partial charge in [0.1, 0.15) is 5.82 Å². The largest absolute Gasteiger partial charge is 0.391 e. The third-order valence-electron chi connectivity index (χ3n) is 4.04. The van der Waals surface area contributed by atoms with Gasteiger partial charge in [-0.1, -0.05) is 13.8 Å². The molecule has 7 nitrogen and oxygen atoms in total. The van der Waals surface area contributed by atoms with Crippen LogP contribution in [0, 0.1) is 5.92 Å². The Morgan fingerprint density at radius 3 is 3.10 bits per heavy atom. The zero-order valence-corrected chi connectivity index (χ0v) is 12.5. The molecule has 21 heavy (non-hydrogen) atoms. The van der Waals surface area contributed by atoms with Crippen molar-refractivity contribution in [1.82, 2.24) is 20.2 Å². The Balaban J connectivity index is 1.94. The van der Waals surface area contributed by atoms with E-state index >= 15 is 0 Å². The van der Waals surface area contributed by atoms with Gasteiger partial charge in [0.15, 0.2) is 5.65 Å². The zero-order valence-electron chi connectivity index (χ0n) is 12.5. The molecule has 0 bridgehead atoms. The molecule has 1 aliphatic heterocycles. The van der Waals surface area contributed by atoms with E-state index in [1.165, 1.54) is 0 Å². The summed E-state index contributed by atoms with van der Waals surface area (Å²) >= 11 is 0. The Morgan fingerprint density at radius 1 is 1.48 bits per heavy atom. The number of fused-ring (bicyclic) bond motifs is 1. The highest BCUT2D eigenvalue weighted by molar-refractivity contribution is 5.87. The summed E-state index contributed by atoms with van der Waals surface area (Å²) < 4.78 is 0. The van der Waals surface area contributed by atoms with Crippen molar-refractivity contribution in [2.24, 2.45) is 5.92 Å². The molecule has 7 heteroatoms. The SMILES string of the molecule is CCCNc1nc(N2CCC(C)C(O)C2)c2cn[nH]c2n1. The number of aromatic nitrogens is 4. The molecule has 2 aromatic heterocycles. The predicted octanol–water partition coefficient (Wildman–Crippen LogP) is 1.38. The number of β-amino-alcohol motifs (C(OH)–C–C–N with tert-alkyl or cyclic N) is 1. The van der Waals surface area contributed by atoms with Gasteiger partial charge in [-0.15, -0.1) is 0 Å². The second kappa shape index (κ2) is 5.85. The third kappa shape index (κ3) is 2.78. The molecule has 2 unspecified atom stereocenters. The monoisotopic (exact) mass is 290 g/mol. The lowest BCUT2D eigenvalue weighted by Crippen LogP contribution is -2.43. The van der Waals surface area contributed by atoms with Crippen molar-refractivity contribution < 1.29 is 5.11 Å². The minimum Gasteiger partial charge on any atom is -0.391 e. The molecule has 2 atom stereocenters. The normalized spacial score (nSPS) is 22.7. The number of H-pyrrole nitrogens is 1. The quantitative estimate of drug-likeness (QED) is 0.788. The summed E-state index contributed by atoms with van der Waals surface area (Å²) in [5.74, 6) is 1.79. The van der Waals surface area contributed by atoms with E-state index in [1.54, 1.807) is 6.20 Å². The summed E-state index contributed by atoms with van der Waals surface area (Å²) in [6.07, 6.45) is 3.41. The molecule has 1 saturated heterocycles. The second-order valence-corrected chi connectivity index (χ2v) is 5.71. The first kappa shape index (κ1) is 14.1. The highest BCUT2D eigenvalue weighted by Gasteiger charge is 2.27. The van der Waals surface area contributed by atoms with Gasteiger partial charge >= 0.3 is 0 Å². The first-order valence-electron chi connectivity index (χ1n) is 7.57. The van der Waals surface area contributed by atoms with Crippen molar-refractivity contribution in [3.8, 4) is 0 Å². The average Bonchev–Trinajstić information content (AvgIpc) is 2.95. The number of hydrogen-bond acceptors (Lipinski definition) is 6. The fraction of sp³-hybridized carbons (Fsp3) is 0.643. The molecule has 0 spiro atoms. The van der Waals surface area contributed by atoms with Crippen molar-refractivity contribution >= 4 is 22.8 Å². The maximum atomic E-state index is 10.1. The van der Waals surface area contributed by atoms with Crippen LogP contribution < -0.4 is 10.2 Å². The van der Waals surface area contributed by atoms with Gasteiger partial charge in [-0.3, -0.25) is 5.10 Å². The molecular weight excluding hydrogens is 268 g/mol. The van der Waals surface area contributed by atoms with Crippen LogP contribution in [0.2, 0.25) is 0 Å². The standard InChI is InChI=1S/C14H22N6O/c1-3-5-15-14-17-12-10(7-16-19-12)13(18-14)20-6-4-9(2)11(21)8-20/h7,9,11,21H,3-6,8H2,1-2H3,(H2,15,16,17,18,19). The number of aliphatic hydroxyl groups excluding tert-OH is 1.